The van der Waals surface area contributed by atoms with Crippen LogP contribution in [0.15, 0.2) is 47.4 Å². The molecule has 0 aliphatic heterocycles. The molecular formula is C25H29F2IO8S. The first-order chi connectivity index (χ1) is 17.2. The largest absolute Gasteiger partial charge is 0.490 e. The molecule has 2 unspecified atom stereocenters. The van der Waals surface area contributed by atoms with Gasteiger partial charge in [-0.15, -0.1) is 0 Å². The summed E-state index contributed by atoms with van der Waals surface area (Å²) in [5, 5.41) is 8.78. The number of carbonyl (C=O) groups excluding carboxylic acids is 1. The molecule has 0 heterocycles. The van der Waals surface area contributed by atoms with Crippen molar-refractivity contribution in [3.05, 3.63) is 57.2 Å². The van der Waals surface area contributed by atoms with E-state index in [0.29, 0.717) is 15.2 Å². The van der Waals surface area contributed by atoms with Crippen LogP contribution in [0.3, 0.4) is 0 Å². The van der Waals surface area contributed by atoms with E-state index in [9.17, 15) is 26.8 Å². The Morgan fingerprint density at radius 1 is 1.05 bits per heavy atom. The van der Waals surface area contributed by atoms with E-state index in [-0.39, 0.29) is 23.7 Å². The normalized spacial score (nSPS) is 13.7. The first-order valence-corrected chi connectivity index (χ1v) is 13.9. The van der Waals surface area contributed by atoms with Crippen LogP contribution in [0.1, 0.15) is 56.0 Å². The summed E-state index contributed by atoms with van der Waals surface area (Å²) in [5.41, 5.74) is 0.949. The van der Waals surface area contributed by atoms with Crippen molar-refractivity contribution >= 4 is 44.6 Å². The van der Waals surface area contributed by atoms with E-state index in [2.05, 4.69) is 6.92 Å². The molecule has 0 spiro atoms. The molecule has 0 aliphatic carbocycles. The third kappa shape index (κ3) is 8.08. The van der Waals surface area contributed by atoms with Gasteiger partial charge in [0.1, 0.15) is 19.0 Å². The molecule has 0 bridgehead atoms. The van der Waals surface area contributed by atoms with E-state index in [1.807, 2.05) is 29.5 Å². The number of carboxylic acid groups (broad SMARTS) is 1. The van der Waals surface area contributed by atoms with Crippen LogP contribution in [0.25, 0.3) is 0 Å². The van der Waals surface area contributed by atoms with Crippen LogP contribution in [-0.2, 0) is 23.8 Å². The molecule has 0 saturated heterocycles. The quantitative estimate of drug-likeness (QED) is 0.131. The molecule has 0 aromatic heterocycles. The number of aliphatic carboxylic acids is 1. The topological polar surface area (TPSA) is 116 Å². The van der Waals surface area contributed by atoms with E-state index < -0.39 is 40.0 Å². The second kappa shape index (κ2) is 13.0. The second-order valence-electron chi connectivity index (χ2n) is 8.65. The van der Waals surface area contributed by atoms with Gasteiger partial charge in [0.25, 0.3) is 10.1 Å². The van der Waals surface area contributed by atoms with Crippen molar-refractivity contribution < 1.29 is 45.6 Å². The fraction of sp³-hybridized carbons (Fsp3) is 0.440. The van der Waals surface area contributed by atoms with Gasteiger partial charge in [0.15, 0.2) is 6.10 Å². The Balaban J connectivity index is 1.97. The highest BCUT2D eigenvalue weighted by atomic mass is 127. The predicted molar refractivity (Wildman–Crippen MR) is 140 cm³/mol. The van der Waals surface area contributed by atoms with Gasteiger partial charge in [0, 0.05) is 0 Å². The number of carbonyl (C=O) groups is 2. The van der Waals surface area contributed by atoms with Crippen molar-refractivity contribution in [3.63, 3.8) is 0 Å². The third-order valence-corrected chi connectivity index (χ3v) is 7.75. The maximum Gasteiger partial charge on any atom is 0.378 e. The molecule has 0 amide bonds. The summed E-state index contributed by atoms with van der Waals surface area (Å²) in [4.78, 5) is 23.3. The zero-order valence-corrected chi connectivity index (χ0v) is 23.7. The monoisotopic (exact) mass is 654 g/mol. The molecule has 12 heteroatoms. The lowest BCUT2D eigenvalue weighted by atomic mass is 9.99. The highest BCUT2D eigenvalue weighted by molar-refractivity contribution is 14.1. The zero-order chi connectivity index (χ0) is 28.0. The number of benzene rings is 2. The van der Waals surface area contributed by atoms with E-state index in [1.165, 1.54) is 44.2 Å². The summed E-state index contributed by atoms with van der Waals surface area (Å²) in [6, 6.07) is 10.5. The van der Waals surface area contributed by atoms with Crippen LogP contribution >= 0.6 is 22.6 Å². The Kier molecular flexibility index (Phi) is 10.8. The molecule has 0 aliphatic rings. The molecule has 0 saturated carbocycles. The summed E-state index contributed by atoms with van der Waals surface area (Å²) in [7, 11) is -3.98. The first-order valence-electron chi connectivity index (χ1n) is 11.4. The van der Waals surface area contributed by atoms with Gasteiger partial charge in [-0.25, -0.2) is 9.59 Å². The Morgan fingerprint density at radius 3 is 2.19 bits per heavy atom. The first kappa shape index (κ1) is 30.9. The number of esters is 1. The maximum atomic E-state index is 14.0. The van der Waals surface area contributed by atoms with Crippen molar-refractivity contribution in [2.24, 2.45) is 5.92 Å². The molecule has 8 nitrogen and oxygen atoms in total. The van der Waals surface area contributed by atoms with E-state index in [0.717, 1.165) is 12.0 Å². The van der Waals surface area contributed by atoms with E-state index in [1.54, 1.807) is 12.1 Å². The lowest BCUT2D eigenvalue weighted by molar-refractivity contribution is -0.187. The van der Waals surface area contributed by atoms with Gasteiger partial charge in [0.05, 0.1) is 14.0 Å². The number of carboxylic acids is 1. The minimum atomic E-state index is -4.25. The summed E-state index contributed by atoms with van der Waals surface area (Å²) < 4.78 is 68.5. The fourth-order valence-corrected chi connectivity index (χ4v) is 4.80. The van der Waals surface area contributed by atoms with Crippen LogP contribution in [0.5, 0.6) is 5.75 Å². The SMILES string of the molecule is CCC(C)c1ccc(S(=O)(=O)OCCOc2ccc(C(=O)OC(C(C)C)C(F)(F)C(=O)O)cc2I)cc1. The second-order valence-corrected chi connectivity index (χ2v) is 11.4. The third-order valence-electron chi connectivity index (χ3n) is 5.58. The fourth-order valence-electron chi connectivity index (χ4n) is 3.24. The lowest BCUT2D eigenvalue weighted by Gasteiger charge is -2.26. The van der Waals surface area contributed by atoms with Crippen LogP contribution in [0.4, 0.5) is 8.78 Å². The summed E-state index contributed by atoms with van der Waals surface area (Å²) in [6.07, 6.45) is -1.23. The zero-order valence-electron chi connectivity index (χ0n) is 20.7. The van der Waals surface area contributed by atoms with Gasteiger partial charge in [-0.1, -0.05) is 39.8 Å². The molecule has 0 radical (unpaired) electrons. The summed E-state index contributed by atoms with van der Waals surface area (Å²) in [6.45, 7) is 6.35. The number of alkyl halides is 2. The summed E-state index contributed by atoms with van der Waals surface area (Å²) in [5.74, 6) is -8.10. The van der Waals surface area contributed by atoms with Gasteiger partial charge in [-0.3, -0.25) is 4.18 Å². The van der Waals surface area contributed by atoms with Crippen molar-refractivity contribution in [2.45, 2.75) is 57.0 Å². The Bertz CT molecular complexity index is 1200. The minimum absolute atomic E-state index is 0.0326. The number of ether oxygens (including phenoxy) is 2. The van der Waals surface area contributed by atoms with Crippen molar-refractivity contribution in [1.82, 2.24) is 0 Å². The van der Waals surface area contributed by atoms with Gasteiger partial charge in [-0.05, 0) is 76.7 Å². The van der Waals surface area contributed by atoms with Gasteiger partial charge >= 0.3 is 17.9 Å². The number of halogens is 3. The van der Waals surface area contributed by atoms with Crippen molar-refractivity contribution in [2.75, 3.05) is 13.2 Å². The van der Waals surface area contributed by atoms with Gasteiger partial charge in [-0.2, -0.15) is 17.2 Å². The molecular weight excluding hydrogens is 625 g/mol. The van der Waals surface area contributed by atoms with E-state index >= 15 is 0 Å². The van der Waals surface area contributed by atoms with E-state index in [4.69, 9.17) is 18.8 Å². The van der Waals surface area contributed by atoms with Crippen molar-refractivity contribution in [1.29, 1.82) is 0 Å². The minimum Gasteiger partial charge on any atom is -0.490 e. The number of hydrogen-bond acceptors (Lipinski definition) is 7. The number of hydrogen-bond donors (Lipinski definition) is 1. The number of rotatable bonds is 13. The highest BCUT2D eigenvalue weighted by Crippen LogP contribution is 2.29. The summed E-state index contributed by atoms with van der Waals surface area (Å²) >= 11 is 1.85. The van der Waals surface area contributed by atoms with Crippen LogP contribution in [0, 0.1) is 9.49 Å². The average Bonchev–Trinajstić information content (AvgIpc) is 2.84. The van der Waals surface area contributed by atoms with Crippen LogP contribution in [0.2, 0.25) is 0 Å². The molecule has 2 rings (SSSR count). The molecule has 204 valence electrons. The predicted octanol–water partition coefficient (Wildman–Crippen LogP) is 5.49. The maximum absolute atomic E-state index is 14.0. The van der Waals surface area contributed by atoms with Gasteiger partial charge < -0.3 is 14.6 Å². The standard InChI is InChI=1S/C25H29F2IO8S/c1-5-16(4)17-6-9-19(10-7-17)37(32,33)35-13-12-34-21-11-8-18(14-20(21)28)23(29)36-22(15(2)3)25(26,27)24(30)31/h6-11,14-16,22H,5,12-13H2,1-4H3,(H,30,31). The average molecular weight is 654 g/mol. The molecule has 2 aromatic carbocycles. The molecule has 2 aromatic rings. The van der Waals surface area contributed by atoms with Crippen LogP contribution < -0.4 is 4.74 Å². The molecule has 2 atom stereocenters. The Morgan fingerprint density at radius 2 is 1.68 bits per heavy atom. The molecule has 0 fully saturated rings. The Hall–Kier alpha value is -2.32. The smallest absolute Gasteiger partial charge is 0.378 e. The molecule has 37 heavy (non-hydrogen) atoms. The lowest BCUT2D eigenvalue weighted by Crippen LogP contribution is -2.47. The van der Waals surface area contributed by atoms with Crippen molar-refractivity contribution in [3.8, 4) is 5.75 Å². The Labute approximate surface area is 228 Å². The molecule has 1 N–H and O–H groups in total. The van der Waals surface area contributed by atoms with Crippen LogP contribution in [-0.4, -0.2) is 50.7 Å². The van der Waals surface area contributed by atoms with Gasteiger partial charge in [0.2, 0.25) is 0 Å². The highest BCUT2D eigenvalue weighted by Gasteiger charge is 2.51.